The van der Waals surface area contributed by atoms with Gasteiger partial charge < -0.3 is 15.0 Å². The van der Waals surface area contributed by atoms with E-state index in [2.05, 4.69) is 5.32 Å². The molecule has 0 bridgehead atoms. The highest BCUT2D eigenvalue weighted by atomic mass is 35.5. The summed E-state index contributed by atoms with van der Waals surface area (Å²) >= 11 is 5.87. The highest BCUT2D eigenvalue weighted by Gasteiger charge is 2.25. The van der Waals surface area contributed by atoms with Crippen molar-refractivity contribution >= 4 is 29.1 Å². The molecule has 27 heavy (non-hydrogen) atoms. The van der Waals surface area contributed by atoms with Gasteiger partial charge in [0, 0.05) is 36.6 Å². The number of hydrogen-bond acceptors (Lipinski definition) is 3. The zero-order valence-electron chi connectivity index (χ0n) is 15.3. The first kappa shape index (κ1) is 19.2. The smallest absolute Gasteiger partial charge is 0.227 e. The monoisotopic (exact) mass is 386 g/mol. The number of amides is 2. The van der Waals surface area contributed by atoms with Crippen molar-refractivity contribution in [3.8, 4) is 5.75 Å². The van der Waals surface area contributed by atoms with Crippen LogP contribution in [0.1, 0.15) is 25.3 Å². The van der Waals surface area contributed by atoms with Crippen molar-refractivity contribution in [2.45, 2.75) is 26.4 Å². The molecule has 0 unspecified atom stereocenters. The van der Waals surface area contributed by atoms with Gasteiger partial charge in [0.15, 0.2) is 0 Å². The predicted molar refractivity (Wildman–Crippen MR) is 106 cm³/mol. The fourth-order valence-electron chi connectivity index (χ4n) is 3.08. The minimum Gasteiger partial charge on any atom is -0.489 e. The van der Waals surface area contributed by atoms with Crippen LogP contribution in [0.15, 0.2) is 48.5 Å². The summed E-state index contributed by atoms with van der Waals surface area (Å²) < 4.78 is 5.75. The van der Waals surface area contributed by atoms with Gasteiger partial charge in [-0.2, -0.15) is 0 Å². The number of carbonyl (C=O) groups is 2. The van der Waals surface area contributed by atoms with E-state index in [1.54, 1.807) is 11.8 Å². The van der Waals surface area contributed by atoms with Gasteiger partial charge in [-0.05, 0) is 54.8 Å². The molecule has 1 saturated heterocycles. The van der Waals surface area contributed by atoms with Crippen molar-refractivity contribution in [3.05, 3.63) is 59.1 Å². The standard InChI is InChI=1S/C21H23ClN2O3/c1-15(25)24-12-10-17(11-13-24)21(26)23-19-6-8-20(9-7-19)27-14-16-2-4-18(22)5-3-16/h2-9,17H,10-14H2,1H3,(H,23,26). The molecular formula is C21H23ClN2O3. The fraction of sp³-hybridized carbons (Fsp3) is 0.333. The van der Waals surface area contributed by atoms with Gasteiger partial charge >= 0.3 is 0 Å². The highest BCUT2D eigenvalue weighted by molar-refractivity contribution is 6.30. The number of carbonyl (C=O) groups excluding carboxylic acids is 2. The van der Waals surface area contributed by atoms with E-state index < -0.39 is 0 Å². The van der Waals surface area contributed by atoms with E-state index in [9.17, 15) is 9.59 Å². The Morgan fingerprint density at radius 1 is 1.07 bits per heavy atom. The molecule has 142 valence electrons. The van der Waals surface area contributed by atoms with E-state index >= 15 is 0 Å². The average molecular weight is 387 g/mol. The molecule has 1 aliphatic heterocycles. The normalized spacial score (nSPS) is 14.7. The molecule has 2 aromatic rings. The van der Waals surface area contributed by atoms with Crippen molar-refractivity contribution in [2.24, 2.45) is 5.92 Å². The first-order chi connectivity index (χ1) is 13.0. The number of benzene rings is 2. The van der Waals surface area contributed by atoms with Crippen LogP contribution in [0.25, 0.3) is 0 Å². The fourth-order valence-corrected chi connectivity index (χ4v) is 3.21. The van der Waals surface area contributed by atoms with Crippen LogP contribution in [-0.2, 0) is 16.2 Å². The van der Waals surface area contributed by atoms with Crippen molar-refractivity contribution in [1.29, 1.82) is 0 Å². The Morgan fingerprint density at radius 3 is 2.30 bits per heavy atom. The summed E-state index contributed by atoms with van der Waals surface area (Å²) in [5.74, 6) is 0.759. The van der Waals surface area contributed by atoms with Crippen molar-refractivity contribution in [2.75, 3.05) is 18.4 Å². The highest BCUT2D eigenvalue weighted by Crippen LogP contribution is 2.22. The van der Waals surface area contributed by atoms with E-state index in [1.165, 1.54) is 0 Å². The van der Waals surface area contributed by atoms with Crippen LogP contribution in [0.2, 0.25) is 5.02 Å². The molecule has 0 saturated carbocycles. The summed E-state index contributed by atoms with van der Waals surface area (Å²) in [6.45, 7) is 3.31. The van der Waals surface area contributed by atoms with Crippen LogP contribution >= 0.6 is 11.6 Å². The predicted octanol–water partition coefficient (Wildman–Crippen LogP) is 4.12. The molecule has 0 aliphatic carbocycles. The number of ether oxygens (including phenoxy) is 1. The molecule has 5 nitrogen and oxygen atoms in total. The Bertz CT molecular complexity index is 782. The van der Waals surface area contributed by atoms with Gasteiger partial charge in [-0.3, -0.25) is 9.59 Å². The van der Waals surface area contributed by atoms with Crippen LogP contribution in [-0.4, -0.2) is 29.8 Å². The summed E-state index contributed by atoms with van der Waals surface area (Å²) in [6, 6.07) is 14.9. The summed E-state index contributed by atoms with van der Waals surface area (Å²) in [7, 11) is 0. The molecule has 1 heterocycles. The number of anilines is 1. The molecule has 1 N–H and O–H groups in total. The third-order valence-corrected chi connectivity index (χ3v) is 5.00. The number of hydrogen-bond donors (Lipinski definition) is 1. The molecule has 1 fully saturated rings. The summed E-state index contributed by atoms with van der Waals surface area (Å²) in [5, 5.41) is 3.65. The number of likely N-dealkylation sites (tertiary alicyclic amines) is 1. The topological polar surface area (TPSA) is 58.6 Å². The molecule has 0 atom stereocenters. The second-order valence-electron chi connectivity index (χ2n) is 6.71. The van der Waals surface area contributed by atoms with Gasteiger partial charge in [0.05, 0.1) is 0 Å². The zero-order chi connectivity index (χ0) is 19.2. The van der Waals surface area contributed by atoms with E-state index in [4.69, 9.17) is 16.3 Å². The Balaban J connectivity index is 1.48. The second-order valence-corrected chi connectivity index (χ2v) is 7.15. The molecule has 2 aromatic carbocycles. The minimum atomic E-state index is -0.0542. The molecule has 2 amide bonds. The number of nitrogens with one attached hydrogen (secondary N) is 1. The SMILES string of the molecule is CC(=O)N1CCC(C(=O)Nc2ccc(OCc3ccc(Cl)cc3)cc2)CC1. The van der Waals surface area contributed by atoms with Gasteiger partial charge in [-0.25, -0.2) is 0 Å². The van der Waals surface area contributed by atoms with Gasteiger partial charge in [0.1, 0.15) is 12.4 Å². The lowest BCUT2D eigenvalue weighted by atomic mass is 9.96. The van der Waals surface area contributed by atoms with E-state index in [-0.39, 0.29) is 17.7 Å². The first-order valence-electron chi connectivity index (χ1n) is 9.05. The minimum absolute atomic E-state index is 0.00744. The number of piperidine rings is 1. The maximum atomic E-state index is 12.4. The molecule has 0 spiro atoms. The summed E-state index contributed by atoms with van der Waals surface area (Å²) in [6.07, 6.45) is 1.40. The van der Waals surface area contributed by atoms with Gasteiger partial charge in [-0.1, -0.05) is 23.7 Å². The maximum absolute atomic E-state index is 12.4. The third-order valence-electron chi connectivity index (χ3n) is 4.75. The van der Waals surface area contributed by atoms with E-state index in [1.807, 2.05) is 48.5 Å². The summed E-state index contributed by atoms with van der Waals surface area (Å²) in [4.78, 5) is 25.6. The second kappa shape index (κ2) is 8.91. The van der Waals surface area contributed by atoms with Gasteiger partial charge in [0.25, 0.3) is 0 Å². The largest absolute Gasteiger partial charge is 0.489 e. The lowest BCUT2D eigenvalue weighted by molar-refractivity contribution is -0.132. The summed E-state index contributed by atoms with van der Waals surface area (Å²) in [5.41, 5.74) is 1.78. The van der Waals surface area contributed by atoms with Crippen LogP contribution in [0, 0.1) is 5.92 Å². The molecule has 1 aliphatic rings. The molecule has 3 rings (SSSR count). The van der Waals surface area contributed by atoms with Crippen LogP contribution in [0.4, 0.5) is 5.69 Å². The number of rotatable bonds is 5. The number of halogens is 1. The molecule has 6 heteroatoms. The maximum Gasteiger partial charge on any atom is 0.227 e. The number of nitrogens with zero attached hydrogens (tertiary/aromatic N) is 1. The Hall–Kier alpha value is -2.53. The lowest BCUT2D eigenvalue weighted by Gasteiger charge is -2.30. The molecule has 0 radical (unpaired) electrons. The quantitative estimate of drug-likeness (QED) is 0.841. The van der Waals surface area contributed by atoms with E-state index in [0.717, 1.165) is 17.0 Å². The Kier molecular flexibility index (Phi) is 6.35. The van der Waals surface area contributed by atoms with Crippen molar-refractivity contribution in [3.63, 3.8) is 0 Å². The molecular weight excluding hydrogens is 364 g/mol. The zero-order valence-corrected chi connectivity index (χ0v) is 16.0. The van der Waals surface area contributed by atoms with Crippen LogP contribution in [0.5, 0.6) is 5.75 Å². The van der Waals surface area contributed by atoms with Gasteiger partial charge in [-0.15, -0.1) is 0 Å². The lowest BCUT2D eigenvalue weighted by Crippen LogP contribution is -2.40. The van der Waals surface area contributed by atoms with Crippen molar-refractivity contribution < 1.29 is 14.3 Å². The first-order valence-corrected chi connectivity index (χ1v) is 9.43. The van der Waals surface area contributed by atoms with Crippen LogP contribution in [0.3, 0.4) is 0 Å². The van der Waals surface area contributed by atoms with Crippen LogP contribution < -0.4 is 10.1 Å². The Morgan fingerprint density at radius 2 is 1.70 bits per heavy atom. The average Bonchev–Trinajstić information content (AvgIpc) is 2.68. The van der Waals surface area contributed by atoms with E-state index in [0.29, 0.717) is 37.6 Å². The molecule has 0 aromatic heterocycles. The van der Waals surface area contributed by atoms with Gasteiger partial charge in [0.2, 0.25) is 11.8 Å². The third kappa shape index (κ3) is 5.47. The van der Waals surface area contributed by atoms with Crippen molar-refractivity contribution in [1.82, 2.24) is 4.90 Å². The Labute approximate surface area is 164 Å².